The Kier molecular flexibility index (Phi) is 3.53. The van der Waals surface area contributed by atoms with Crippen molar-refractivity contribution in [2.45, 2.75) is 25.8 Å². The quantitative estimate of drug-likeness (QED) is 0.685. The van der Waals surface area contributed by atoms with E-state index < -0.39 is 0 Å². The van der Waals surface area contributed by atoms with Crippen LogP contribution in [0.4, 0.5) is 0 Å². The van der Waals surface area contributed by atoms with Crippen LogP contribution in [0.25, 0.3) is 11.2 Å². The van der Waals surface area contributed by atoms with Gasteiger partial charge in [-0.2, -0.15) is 0 Å². The van der Waals surface area contributed by atoms with Crippen molar-refractivity contribution < 1.29 is 0 Å². The molecule has 3 rings (SSSR count). The summed E-state index contributed by atoms with van der Waals surface area (Å²) in [7, 11) is 0. The Labute approximate surface area is 120 Å². The molecule has 3 nitrogen and oxygen atoms in total. The second-order valence-electron chi connectivity index (χ2n) is 4.44. The van der Waals surface area contributed by atoms with Crippen LogP contribution >= 0.6 is 22.9 Å². The molecule has 0 spiro atoms. The van der Waals surface area contributed by atoms with E-state index in [1.807, 2.05) is 19.1 Å². The van der Waals surface area contributed by atoms with Crippen molar-refractivity contribution in [3.05, 3.63) is 46.0 Å². The molecular weight excluding hydrogens is 278 g/mol. The number of hydrogen-bond acceptors (Lipinski definition) is 3. The Morgan fingerprint density at radius 2 is 2.16 bits per heavy atom. The van der Waals surface area contributed by atoms with E-state index in [0.717, 1.165) is 35.6 Å². The minimum Gasteiger partial charge on any atom is -0.311 e. The molecule has 0 atom stereocenters. The maximum absolute atomic E-state index is 6.00. The molecule has 0 fully saturated rings. The lowest BCUT2D eigenvalue weighted by molar-refractivity contribution is 0.687. The number of halogens is 1. The molecule has 0 amide bonds. The van der Waals surface area contributed by atoms with Crippen LogP contribution in [0, 0.1) is 6.92 Å². The molecule has 0 aliphatic heterocycles. The summed E-state index contributed by atoms with van der Waals surface area (Å²) in [6.07, 6.45) is 0.989. The van der Waals surface area contributed by atoms with Crippen LogP contribution in [-0.4, -0.2) is 14.5 Å². The average Bonchev–Trinajstić information content (AvgIpc) is 3.03. The van der Waals surface area contributed by atoms with Gasteiger partial charge in [0.25, 0.3) is 0 Å². The summed E-state index contributed by atoms with van der Waals surface area (Å²) < 4.78 is 2.13. The summed E-state index contributed by atoms with van der Waals surface area (Å²) in [4.78, 5) is 10.5. The Bertz CT molecular complexity index is 688. The maximum atomic E-state index is 6.00. The zero-order chi connectivity index (χ0) is 13.2. The smallest absolute Gasteiger partial charge is 0.160 e. The Morgan fingerprint density at radius 3 is 2.89 bits per heavy atom. The van der Waals surface area contributed by atoms with Gasteiger partial charge in [-0.15, -0.1) is 22.9 Å². The van der Waals surface area contributed by atoms with Gasteiger partial charge in [-0.05, 0) is 36.9 Å². The van der Waals surface area contributed by atoms with Crippen molar-refractivity contribution in [2.75, 3.05) is 0 Å². The summed E-state index contributed by atoms with van der Waals surface area (Å²) in [5, 5.41) is 2.10. The summed E-state index contributed by atoms with van der Waals surface area (Å²) in [6, 6.07) is 8.23. The highest BCUT2D eigenvalue weighted by atomic mass is 35.5. The number of aromatic nitrogens is 3. The van der Waals surface area contributed by atoms with Crippen LogP contribution in [-0.2, 0) is 18.8 Å². The monoisotopic (exact) mass is 291 g/mol. The Morgan fingerprint density at radius 1 is 1.26 bits per heavy atom. The highest BCUT2D eigenvalue weighted by Gasteiger charge is 2.11. The first-order chi connectivity index (χ1) is 9.28. The van der Waals surface area contributed by atoms with Crippen molar-refractivity contribution in [1.29, 1.82) is 0 Å². The van der Waals surface area contributed by atoms with Crippen molar-refractivity contribution in [3.63, 3.8) is 0 Å². The average molecular weight is 292 g/mol. The summed E-state index contributed by atoms with van der Waals surface area (Å²) >= 11 is 7.78. The molecule has 0 N–H and O–H groups in total. The van der Waals surface area contributed by atoms with Gasteiger partial charge in [0.15, 0.2) is 5.65 Å². The number of imidazole rings is 1. The van der Waals surface area contributed by atoms with Crippen molar-refractivity contribution in [1.82, 2.24) is 14.5 Å². The van der Waals surface area contributed by atoms with Crippen LogP contribution in [0.1, 0.15) is 16.4 Å². The number of pyridine rings is 1. The predicted octanol–water partition coefficient (Wildman–Crippen LogP) is 3.78. The predicted molar refractivity (Wildman–Crippen MR) is 79.8 cm³/mol. The van der Waals surface area contributed by atoms with Gasteiger partial charge in [-0.3, -0.25) is 0 Å². The van der Waals surface area contributed by atoms with Gasteiger partial charge in [-0.25, -0.2) is 9.97 Å². The van der Waals surface area contributed by atoms with Crippen LogP contribution in [0.15, 0.2) is 29.6 Å². The molecule has 5 heteroatoms. The Balaban J connectivity index is 1.97. The van der Waals surface area contributed by atoms with Gasteiger partial charge in [0.1, 0.15) is 11.3 Å². The SMILES string of the molecule is Cc1ccc2nc(CCl)n(CCc3cccs3)c2n1. The molecule has 0 aliphatic carbocycles. The summed E-state index contributed by atoms with van der Waals surface area (Å²) in [5.41, 5.74) is 2.87. The standard InChI is InChI=1S/C14H14ClN3S/c1-10-4-5-12-14(16-10)18(13(9-15)17-12)7-6-11-3-2-8-19-11/h2-5,8H,6-7,9H2,1H3. The lowest BCUT2D eigenvalue weighted by Crippen LogP contribution is -2.05. The van der Waals surface area contributed by atoms with Crippen LogP contribution < -0.4 is 0 Å². The molecule has 19 heavy (non-hydrogen) atoms. The Hall–Kier alpha value is -1.39. The van der Waals surface area contributed by atoms with Gasteiger partial charge in [0.05, 0.1) is 5.88 Å². The number of alkyl halides is 1. The highest BCUT2D eigenvalue weighted by molar-refractivity contribution is 7.09. The van der Waals surface area contributed by atoms with Crippen molar-refractivity contribution >= 4 is 34.1 Å². The molecule has 98 valence electrons. The van der Waals surface area contributed by atoms with Crippen molar-refractivity contribution in [3.8, 4) is 0 Å². The van der Waals surface area contributed by atoms with Crippen LogP contribution in [0.2, 0.25) is 0 Å². The summed E-state index contributed by atoms with van der Waals surface area (Å²) in [6.45, 7) is 2.87. The summed E-state index contributed by atoms with van der Waals surface area (Å²) in [5.74, 6) is 1.31. The highest BCUT2D eigenvalue weighted by Crippen LogP contribution is 2.18. The van der Waals surface area contributed by atoms with Crippen LogP contribution in [0.5, 0.6) is 0 Å². The molecule has 0 saturated carbocycles. The second-order valence-corrected chi connectivity index (χ2v) is 5.74. The van der Waals surface area contributed by atoms with Gasteiger partial charge < -0.3 is 4.57 Å². The number of fused-ring (bicyclic) bond motifs is 1. The fourth-order valence-electron chi connectivity index (χ4n) is 2.16. The molecule has 3 aromatic rings. The van der Waals surface area contributed by atoms with Gasteiger partial charge in [0.2, 0.25) is 0 Å². The molecule has 0 bridgehead atoms. The molecular formula is C14H14ClN3S. The lowest BCUT2D eigenvalue weighted by Gasteiger charge is -2.06. The molecule has 0 radical (unpaired) electrons. The molecule has 3 heterocycles. The fraction of sp³-hybridized carbons (Fsp3) is 0.286. The number of aryl methyl sites for hydroxylation is 3. The maximum Gasteiger partial charge on any atom is 0.160 e. The minimum absolute atomic E-state index is 0.417. The zero-order valence-electron chi connectivity index (χ0n) is 10.6. The van der Waals surface area contributed by atoms with E-state index in [9.17, 15) is 0 Å². The molecule has 0 aromatic carbocycles. The molecule has 0 aliphatic rings. The number of hydrogen-bond donors (Lipinski definition) is 0. The van der Waals surface area contributed by atoms with E-state index in [4.69, 9.17) is 11.6 Å². The first-order valence-corrected chi connectivity index (χ1v) is 7.60. The zero-order valence-corrected chi connectivity index (χ0v) is 12.2. The van der Waals surface area contributed by atoms with E-state index in [1.54, 1.807) is 11.3 Å². The first kappa shape index (κ1) is 12.6. The third kappa shape index (κ3) is 2.51. The largest absolute Gasteiger partial charge is 0.311 e. The van der Waals surface area contributed by atoms with Crippen molar-refractivity contribution in [2.24, 2.45) is 0 Å². The normalized spacial score (nSPS) is 11.3. The van der Waals surface area contributed by atoms with E-state index >= 15 is 0 Å². The minimum atomic E-state index is 0.417. The molecule has 0 unspecified atom stereocenters. The van der Waals surface area contributed by atoms with Gasteiger partial charge >= 0.3 is 0 Å². The van der Waals surface area contributed by atoms with E-state index in [0.29, 0.717) is 5.88 Å². The number of thiophene rings is 1. The first-order valence-electron chi connectivity index (χ1n) is 6.19. The van der Waals surface area contributed by atoms with Gasteiger partial charge in [0, 0.05) is 17.1 Å². The van der Waals surface area contributed by atoms with Gasteiger partial charge in [-0.1, -0.05) is 6.07 Å². The molecule has 0 saturated heterocycles. The molecule has 3 aromatic heterocycles. The van der Waals surface area contributed by atoms with E-state index in [2.05, 4.69) is 32.0 Å². The second kappa shape index (κ2) is 5.31. The fourth-order valence-corrected chi connectivity index (χ4v) is 3.06. The third-order valence-corrected chi connectivity index (χ3v) is 4.27. The van der Waals surface area contributed by atoms with Crippen LogP contribution in [0.3, 0.4) is 0 Å². The third-order valence-electron chi connectivity index (χ3n) is 3.09. The van der Waals surface area contributed by atoms with E-state index in [-0.39, 0.29) is 0 Å². The number of nitrogens with zero attached hydrogens (tertiary/aromatic N) is 3. The lowest BCUT2D eigenvalue weighted by atomic mass is 10.3. The van der Waals surface area contributed by atoms with E-state index in [1.165, 1.54) is 4.88 Å². The number of rotatable bonds is 4. The topological polar surface area (TPSA) is 30.7 Å².